The first-order valence-corrected chi connectivity index (χ1v) is 6.25. The Morgan fingerprint density at radius 2 is 2.17 bits per heavy atom. The number of nitrogens with two attached hydrogens (primary N) is 1. The summed E-state index contributed by atoms with van der Waals surface area (Å²) >= 11 is 0. The molecule has 0 unspecified atom stereocenters. The Bertz CT molecular complexity index is 383. The van der Waals surface area contributed by atoms with Gasteiger partial charge in [0.1, 0.15) is 5.75 Å². The molecule has 1 rings (SSSR count). The number of carbonyl (C=O) groups excluding carboxylic acids is 1. The normalized spacial score (nSPS) is 10.4. The molecule has 4 heteroatoms. The SMILES string of the molecule is Cc1cccc(N)c1OCC(=O)NCCC(C)C. The number of anilines is 1. The summed E-state index contributed by atoms with van der Waals surface area (Å²) in [5.74, 6) is 1.06. The molecule has 0 aliphatic carbocycles. The predicted molar refractivity (Wildman–Crippen MR) is 73.6 cm³/mol. The number of aryl methyl sites for hydroxylation is 1. The van der Waals surface area contributed by atoms with Gasteiger partial charge in [-0.25, -0.2) is 0 Å². The summed E-state index contributed by atoms with van der Waals surface area (Å²) in [6.45, 7) is 6.84. The van der Waals surface area contributed by atoms with Crippen molar-refractivity contribution in [1.82, 2.24) is 5.32 Å². The van der Waals surface area contributed by atoms with Crippen molar-refractivity contribution in [2.75, 3.05) is 18.9 Å². The molecule has 18 heavy (non-hydrogen) atoms. The highest BCUT2D eigenvalue weighted by Crippen LogP contribution is 2.25. The first-order valence-electron chi connectivity index (χ1n) is 6.25. The van der Waals surface area contributed by atoms with Crippen LogP contribution in [0.3, 0.4) is 0 Å². The van der Waals surface area contributed by atoms with Crippen molar-refractivity contribution in [3.05, 3.63) is 23.8 Å². The summed E-state index contributed by atoms with van der Waals surface area (Å²) in [5, 5.41) is 2.82. The van der Waals surface area contributed by atoms with Crippen LogP contribution in [0.15, 0.2) is 18.2 Å². The molecule has 0 radical (unpaired) electrons. The number of carbonyl (C=O) groups is 1. The Kier molecular flexibility index (Phi) is 5.49. The highest BCUT2D eigenvalue weighted by Gasteiger charge is 2.07. The molecule has 0 bridgehead atoms. The lowest BCUT2D eigenvalue weighted by molar-refractivity contribution is -0.123. The van der Waals surface area contributed by atoms with Crippen LogP contribution in [0.1, 0.15) is 25.8 Å². The van der Waals surface area contributed by atoms with Crippen molar-refractivity contribution in [3.63, 3.8) is 0 Å². The van der Waals surface area contributed by atoms with E-state index in [2.05, 4.69) is 19.2 Å². The standard InChI is InChI=1S/C14H22N2O2/c1-10(2)7-8-16-13(17)9-18-14-11(3)5-4-6-12(14)15/h4-6,10H,7-9,15H2,1-3H3,(H,16,17). The number of para-hydroxylation sites is 1. The molecule has 0 fully saturated rings. The van der Waals surface area contributed by atoms with E-state index in [0.29, 0.717) is 23.9 Å². The molecule has 3 N–H and O–H groups in total. The molecule has 0 aliphatic rings. The molecule has 100 valence electrons. The molecule has 1 aromatic carbocycles. The number of nitrogen functional groups attached to an aromatic ring is 1. The summed E-state index contributed by atoms with van der Waals surface area (Å²) in [6.07, 6.45) is 0.970. The van der Waals surface area contributed by atoms with Gasteiger partial charge in [-0.05, 0) is 30.9 Å². The molecule has 1 amide bonds. The number of benzene rings is 1. The zero-order chi connectivity index (χ0) is 13.5. The minimum atomic E-state index is -0.113. The minimum Gasteiger partial charge on any atom is -0.481 e. The van der Waals surface area contributed by atoms with Gasteiger partial charge in [-0.3, -0.25) is 4.79 Å². The van der Waals surface area contributed by atoms with E-state index in [1.807, 2.05) is 19.1 Å². The predicted octanol–water partition coefficient (Wildman–Crippen LogP) is 2.12. The first kappa shape index (κ1) is 14.4. The first-order chi connectivity index (χ1) is 8.50. The van der Waals surface area contributed by atoms with Gasteiger partial charge in [0.15, 0.2) is 6.61 Å². The van der Waals surface area contributed by atoms with Crippen LogP contribution >= 0.6 is 0 Å². The summed E-state index contributed by atoms with van der Waals surface area (Å²) in [7, 11) is 0. The van der Waals surface area contributed by atoms with Crippen LogP contribution in [0.25, 0.3) is 0 Å². The van der Waals surface area contributed by atoms with Gasteiger partial charge in [-0.15, -0.1) is 0 Å². The quantitative estimate of drug-likeness (QED) is 0.760. The van der Waals surface area contributed by atoms with Crippen molar-refractivity contribution >= 4 is 11.6 Å². The van der Waals surface area contributed by atoms with Crippen LogP contribution in [0, 0.1) is 12.8 Å². The lowest BCUT2D eigenvalue weighted by Gasteiger charge is -2.12. The van der Waals surface area contributed by atoms with Gasteiger partial charge in [0, 0.05) is 6.54 Å². The fourth-order valence-corrected chi connectivity index (χ4v) is 1.56. The third-order valence-electron chi connectivity index (χ3n) is 2.63. The molecule has 0 heterocycles. The topological polar surface area (TPSA) is 64.3 Å². The number of rotatable bonds is 6. The minimum absolute atomic E-state index is 0.00709. The Hall–Kier alpha value is -1.71. The Labute approximate surface area is 109 Å². The molecule has 4 nitrogen and oxygen atoms in total. The van der Waals surface area contributed by atoms with E-state index in [9.17, 15) is 4.79 Å². The molecular weight excluding hydrogens is 228 g/mol. The Morgan fingerprint density at radius 1 is 1.44 bits per heavy atom. The molecule has 0 aromatic heterocycles. The highest BCUT2D eigenvalue weighted by molar-refractivity contribution is 5.77. The van der Waals surface area contributed by atoms with Crippen molar-refractivity contribution in [2.24, 2.45) is 5.92 Å². The highest BCUT2D eigenvalue weighted by atomic mass is 16.5. The largest absolute Gasteiger partial charge is 0.481 e. The number of nitrogens with one attached hydrogen (secondary N) is 1. The van der Waals surface area contributed by atoms with E-state index in [1.54, 1.807) is 6.07 Å². The molecule has 0 spiro atoms. The van der Waals surface area contributed by atoms with E-state index >= 15 is 0 Å². The van der Waals surface area contributed by atoms with Gasteiger partial charge in [0.2, 0.25) is 0 Å². The second-order valence-corrected chi connectivity index (χ2v) is 4.81. The van der Waals surface area contributed by atoms with E-state index in [-0.39, 0.29) is 12.5 Å². The van der Waals surface area contributed by atoms with E-state index in [1.165, 1.54) is 0 Å². The lowest BCUT2D eigenvalue weighted by Crippen LogP contribution is -2.30. The van der Waals surface area contributed by atoms with Crippen LogP contribution in [0.5, 0.6) is 5.75 Å². The molecular formula is C14H22N2O2. The van der Waals surface area contributed by atoms with Crippen LogP contribution in [-0.2, 0) is 4.79 Å². The van der Waals surface area contributed by atoms with Gasteiger partial charge in [0.25, 0.3) is 5.91 Å². The number of ether oxygens (including phenoxy) is 1. The third-order valence-corrected chi connectivity index (χ3v) is 2.63. The maximum Gasteiger partial charge on any atom is 0.257 e. The fraction of sp³-hybridized carbons (Fsp3) is 0.500. The fourth-order valence-electron chi connectivity index (χ4n) is 1.56. The molecule has 0 saturated heterocycles. The molecule has 0 atom stereocenters. The Balaban J connectivity index is 2.38. The van der Waals surface area contributed by atoms with E-state index in [0.717, 1.165) is 12.0 Å². The summed E-state index contributed by atoms with van der Waals surface area (Å²) in [4.78, 5) is 11.5. The van der Waals surface area contributed by atoms with Crippen LogP contribution < -0.4 is 15.8 Å². The van der Waals surface area contributed by atoms with Gasteiger partial charge in [-0.2, -0.15) is 0 Å². The van der Waals surface area contributed by atoms with Crippen LogP contribution in [0.2, 0.25) is 0 Å². The molecule has 0 saturated carbocycles. The maximum absolute atomic E-state index is 11.5. The zero-order valence-electron chi connectivity index (χ0n) is 11.3. The number of amides is 1. The van der Waals surface area contributed by atoms with Crippen LogP contribution in [0.4, 0.5) is 5.69 Å². The Morgan fingerprint density at radius 3 is 2.78 bits per heavy atom. The van der Waals surface area contributed by atoms with Crippen molar-refractivity contribution in [1.29, 1.82) is 0 Å². The number of hydrogen-bond donors (Lipinski definition) is 2. The van der Waals surface area contributed by atoms with E-state index in [4.69, 9.17) is 10.5 Å². The molecule has 0 aliphatic heterocycles. The van der Waals surface area contributed by atoms with Gasteiger partial charge < -0.3 is 15.8 Å². The van der Waals surface area contributed by atoms with Crippen molar-refractivity contribution < 1.29 is 9.53 Å². The monoisotopic (exact) mass is 250 g/mol. The van der Waals surface area contributed by atoms with Crippen molar-refractivity contribution in [3.8, 4) is 5.75 Å². The van der Waals surface area contributed by atoms with Gasteiger partial charge in [0.05, 0.1) is 5.69 Å². The van der Waals surface area contributed by atoms with E-state index < -0.39 is 0 Å². The average molecular weight is 250 g/mol. The summed E-state index contributed by atoms with van der Waals surface area (Å²) < 4.78 is 5.45. The summed E-state index contributed by atoms with van der Waals surface area (Å²) in [5.41, 5.74) is 7.29. The second-order valence-electron chi connectivity index (χ2n) is 4.81. The lowest BCUT2D eigenvalue weighted by atomic mass is 10.1. The summed E-state index contributed by atoms with van der Waals surface area (Å²) in [6, 6.07) is 5.53. The maximum atomic E-state index is 11.5. The van der Waals surface area contributed by atoms with Crippen molar-refractivity contribution in [2.45, 2.75) is 27.2 Å². The second kappa shape index (κ2) is 6.89. The van der Waals surface area contributed by atoms with Gasteiger partial charge in [-0.1, -0.05) is 26.0 Å². The molecule has 1 aromatic rings. The average Bonchev–Trinajstić information content (AvgIpc) is 2.27. The smallest absolute Gasteiger partial charge is 0.257 e. The third kappa shape index (κ3) is 4.65. The van der Waals surface area contributed by atoms with Crippen LogP contribution in [-0.4, -0.2) is 19.1 Å². The zero-order valence-corrected chi connectivity index (χ0v) is 11.3. The van der Waals surface area contributed by atoms with Gasteiger partial charge >= 0.3 is 0 Å². The number of hydrogen-bond acceptors (Lipinski definition) is 3.